The largest absolute Gasteiger partial charge is 0.481 e. The van der Waals surface area contributed by atoms with Crippen molar-refractivity contribution in [3.05, 3.63) is 24.3 Å². The Bertz CT molecular complexity index is 347. The number of carboxylic acids is 1. The first kappa shape index (κ1) is 23.9. The Morgan fingerprint density at radius 3 is 1.84 bits per heavy atom. The van der Waals surface area contributed by atoms with Gasteiger partial charge in [0.25, 0.3) is 0 Å². The average Bonchev–Trinajstić information content (AvgIpc) is 2.58. The van der Waals surface area contributed by atoms with Crippen LogP contribution < -0.4 is 0 Å². The molecule has 0 fully saturated rings. The highest BCUT2D eigenvalue weighted by atomic mass is 16.4. The molecule has 0 bridgehead atoms. The van der Waals surface area contributed by atoms with Crippen molar-refractivity contribution in [2.75, 3.05) is 6.61 Å². The summed E-state index contributed by atoms with van der Waals surface area (Å²) in [4.78, 5) is 10.4. The molecule has 0 saturated carbocycles. The van der Waals surface area contributed by atoms with E-state index in [1.807, 2.05) is 0 Å². The molecule has 0 aromatic carbocycles. The number of unbranched alkanes of at least 4 members (excludes halogenated alkanes) is 11. The first-order valence-corrected chi connectivity index (χ1v) is 10.3. The molecule has 0 unspecified atom stereocenters. The summed E-state index contributed by atoms with van der Waals surface area (Å²) in [5, 5.41) is 17.3. The van der Waals surface area contributed by atoms with Gasteiger partial charge in [0, 0.05) is 13.0 Å². The summed E-state index contributed by atoms with van der Waals surface area (Å²) < 4.78 is 0. The molecule has 3 heteroatoms. The van der Waals surface area contributed by atoms with E-state index in [4.69, 9.17) is 10.2 Å². The van der Waals surface area contributed by atoms with E-state index in [1.165, 1.54) is 50.5 Å². The zero-order chi connectivity index (χ0) is 18.6. The Morgan fingerprint density at radius 1 is 0.720 bits per heavy atom. The lowest BCUT2D eigenvalue weighted by molar-refractivity contribution is -0.137. The lowest BCUT2D eigenvalue weighted by Gasteiger charge is -2.03. The van der Waals surface area contributed by atoms with Crippen LogP contribution in [0.15, 0.2) is 24.3 Å². The highest BCUT2D eigenvalue weighted by molar-refractivity contribution is 5.66. The molecule has 0 heterocycles. The third kappa shape index (κ3) is 20.9. The van der Waals surface area contributed by atoms with Crippen molar-refractivity contribution >= 4 is 5.97 Å². The minimum Gasteiger partial charge on any atom is -0.481 e. The van der Waals surface area contributed by atoms with E-state index < -0.39 is 5.97 Å². The molecule has 0 rings (SSSR count). The van der Waals surface area contributed by atoms with Gasteiger partial charge in [0.05, 0.1) is 0 Å². The molecule has 0 aromatic heterocycles. The predicted octanol–water partition coefficient (Wildman–Crippen LogP) is 6.42. The zero-order valence-electron chi connectivity index (χ0n) is 16.2. The van der Waals surface area contributed by atoms with Gasteiger partial charge in [-0.05, 0) is 44.9 Å². The van der Waals surface area contributed by atoms with Crippen LogP contribution in [0.5, 0.6) is 0 Å². The average molecular weight is 353 g/mol. The van der Waals surface area contributed by atoms with Gasteiger partial charge in [-0.1, -0.05) is 75.7 Å². The third-order valence-electron chi connectivity index (χ3n) is 4.52. The van der Waals surface area contributed by atoms with E-state index in [0.29, 0.717) is 13.0 Å². The van der Waals surface area contributed by atoms with Crippen LogP contribution >= 0.6 is 0 Å². The fourth-order valence-electron chi connectivity index (χ4n) is 2.91. The number of aliphatic hydroxyl groups excluding tert-OH is 1. The van der Waals surface area contributed by atoms with E-state index >= 15 is 0 Å². The number of allylic oxidation sites excluding steroid dienone is 3. The second-order valence-corrected chi connectivity index (χ2v) is 7.07. The topological polar surface area (TPSA) is 57.5 Å². The molecular weight excluding hydrogens is 312 g/mol. The van der Waals surface area contributed by atoms with E-state index in [0.717, 1.165) is 51.4 Å². The van der Waals surface area contributed by atoms with Crippen LogP contribution in [0.3, 0.4) is 0 Å². The van der Waals surface area contributed by atoms with Gasteiger partial charge in [-0.2, -0.15) is 0 Å². The van der Waals surface area contributed by atoms with Crippen LogP contribution in [0.25, 0.3) is 0 Å². The van der Waals surface area contributed by atoms with Crippen molar-refractivity contribution in [3.63, 3.8) is 0 Å². The summed E-state index contributed by atoms with van der Waals surface area (Å²) in [6, 6.07) is 0. The molecule has 0 aliphatic rings. The van der Waals surface area contributed by atoms with Gasteiger partial charge in [-0.15, -0.1) is 0 Å². The smallest absolute Gasteiger partial charge is 0.303 e. The third-order valence-corrected chi connectivity index (χ3v) is 4.52. The van der Waals surface area contributed by atoms with E-state index in [-0.39, 0.29) is 0 Å². The number of rotatable bonds is 19. The van der Waals surface area contributed by atoms with Crippen molar-refractivity contribution in [2.24, 2.45) is 0 Å². The molecule has 0 atom stereocenters. The maximum atomic E-state index is 10.4. The number of hydrogen-bond acceptors (Lipinski definition) is 2. The van der Waals surface area contributed by atoms with Crippen molar-refractivity contribution in [2.45, 2.75) is 103 Å². The maximum absolute atomic E-state index is 10.4. The molecule has 3 nitrogen and oxygen atoms in total. The van der Waals surface area contributed by atoms with Gasteiger partial charge < -0.3 is 10.2 Å². The lowest BCUT2D eigenvalue weighted by atomic mass is 10.0. The summed E-state index contributed by atoms with van der Waals surface area (Å²) in [6.45, 7) is 4.50. The van der Waals surface area contributed by atoms with Gasteiger partial charge in [-0.25, -0.2) is 0 Å². The standard InChI is InChI=1S/C22H40O3/c1-21(18-14-10-6-4-8-12-16-20-23)17-13-9-5-2-3-7-11-15-19-22(24)25/h9,13,23H,1-8,10-12,14-20H2,(H,24,25)/b13-9+. The molecule has 0 aliphatic heterocycles. The van der Waals surface area contributed by atoms with E-state index in [9.17, 15) is 4.79 Å². The van der Waals surface area contributed by atoms with E-state index in [1.54, 1.807) is 0 Å². The number of hydrogen-bond donors (Lipinski definition) is 2. The minimum atomic E-state index is -0.679. The van der Waals surface area contributed by atoms with Gasteiger partial charge in [0.2, 0.25) is 0 Å². The first-order chi connectivity index (χ1) is 12.2. The highest BCUT2D eigenvalue weighted by Gasteiger charge is 1.96. The fourth-order valence-corrected chi connectivity index (χ4v) is 2.91. The van der Waals surface area contributed by atoms with Crippen molar-refractivity contribution < 1.29 is 15.0 Å². The Labute approximate surface area is 155 Å². The number of carbonyl (C=O) groups is 1. The second kappa shape index (κ2) is 19.2. The highest BCUT2D eigenvalue weighted by Crippen LogP contribution is 2.14. The summed E-state index contributed by atoms with van der Waals surface area (Å²) in [7, 11) is 0. The van der Waals surface area contributed by atoms with Gasteiger partial charge >= 0.3 is 5.97 Å². The van der Waals surface area contributed by atoms with Crippen LogP contribution in [0.1, 0.15) is 103 Å². The molecule has 0 aromatic rings. The number of aliphatic hydroxyl groups is 1. The monoisotopic (exact) mass is 352 g/mol. The molecule has 0 amide bonds. The van der Waals surface area contributed by atoms with Crippen molar-refractivity contribution in [1.29, 1.82) is 0 Å². The Balaban J connectivity index is 3.28. The molecule has 0 spiro atoms. The fraction of sp³-hybridized carbons (Fsp3) is 0.773. The normalized spacial score (nSPS) is 11.2. The van der Waals surface area contributed by atoms with Crippen LogP contribution in [0.4, 0.5) is 0 Å². The summed E-state index contributed by atoms with van der Waals surface area (Å²) >= 11 is 0. The minimum absolute atomic E-state index is 0.311. The quantitative estimate of drug-likeness (QED) is 0.208. The van der Waals surface area contributed by atoms with Crippen LogP contribution in [-0.4, -0.2) is 22.8 Å². The van der Waals surface area contributed by atoms with Crippen molar-refractivity contribution in [3.8, 4) is 0 Å². The van der Waals surface area contributed by atoms with Gasteiger partial charge in [0.15, 0.2) is 0 Å². The van der Waals surface area contributed by atoms with Gasteiger partial charge in [-0.3, -0.25) is 4.79 Å². The zero-order valence-corrected chi connectivity index (χ0v) is 16.2. The molecule has 0 saturated heterocycles. The lowest BCUT2D eigenvalue weighted by Crippen LogP contribution is -1.93. The van der Waals surface area contributed by atoms with Crippen molar-refractivity contribution in [1.82, 2.24) is 0 Å². The number of carboxylic acid groups (broad SMARTS) is 1. The molecule has 0 radical (unpaired) electrons. The maximum Gasteiger partial charge on any atom is 0.303 e. The van der Waals surface area contributed by atoms with Crippen LogP contribution in [0, 0.1) is 0 Å². The molecular formula is C22H40O3. The van der Waals surface area contributed by atoms with E-state index in [2.05, 4.69) is 18.7 Å². The first-order valence-electron chi connectivity index (χ1n) is 10.3. The summed E-state index contributed by atoms with van der Waals surface area (Å²) in [5.74, 6) is -0.679. The van der Waals surface area contributed by atoms with Crippen LogP contribution in [0.2, 0.25) is 0 Å². The second-order valence-electron chi connectivity index (χ2n) is 7.07. The Morgan fingerprint density at radius 2 is 1.24 bits per heavy atom. The molecule has 2 N–H and O–H groups in total. The Kier molecular flexibility index (Phi) is 18.4. The number of aliphatic carboxylic acids is 1. The Hall–Kier alpha value is -1.09. The van der Waals surface area contributed by atoms with Crippen LogP contribution in [-0.2, 0) is 4.79 Å². The molecule has 0 aliphatic carbocycles. The summed E-state index contributed by atoms with van der Waals surface area (Å²) in [5.41, 5.74) is 1.34. The molecule has 25 heavy (non-hydrogen) atoms. The predicted molar refractivity (Wildman–Crippen MR) is 107 cm³/mol. The van der Waals surface area contributed by atoms with Gasteiger partial charge in [0.1, 0.15) is 0 Å². The summed E-state index contributed by atoms with van der Waals surface area (Å²) in [6.07, 6.45) is 22.0. The molecule has 146 valence electrons. The SMILES string of the molecule is C=C(C/C=C/CCCCCCCC(=O)O)CCCCCCCCCO.